The summed E-state index contributed by atoms with van der Waals surface area (Å²) in [5, 5.41) is 3.43. The Balaban J connectivity index is 1.94. The van der Waals surface area contributed by atoms with Crippen molar-refractivity contribution in [3.63, 3.8) is 0 Å². The maximum absolute atomic E-state index is 5.53. The van der Waals surface area contributed by atoms with E-state index in [1.165, 1.54) is 45.4 Å². The minimum atomic E-state index is 0.382. The maximum Gasteiger partial charge on any atom is 0.0518 e. The van der Waals surface area contributed by atoms with E-state index in [0.29, 0.717) is 6.10 Å². The van der Waals surface area contributed by atoms with E-state index in [9.17, 15) is 0 Å². The summed E-state index contributed by atoms with van der Waals surface area (Å²) in [5.41, 5.74) is 0. The molecule has 15 heavy (non-hydrogen) atoms. The number of hydrogen-bond acceptors (Lipinski definition) is 3. The molecule has 90 valence electrons. The zero-order valence-electron chi connectivity index (χ0n) is 10.3. The Hall–Kier alpha value is -0.120. The van der Waals surface area contributed by atoms with Gasteiger partial charge in [-0.15, -0.1) is 0 Å². The average molecular weight is 214 g/mol. The third-order valence-electron chi connectivity index (χ3n) is 2.75. The molecule has 1 aliphatic rings. The van der Waals surface area contributed by atoms with Gasteiger partial charge in [0, 0.05) is 19.7 Å². The molecule has 0 atom stereocenters. The predicted molar refractivity (Wildman–Crippen MR) is 64.2 cm³/mol. The summed E-state index contributed by atoms with van der Waals surface area (Å²) < 4.78 is 5.53. The summed E-state index contributed by atoms with van der Waals surface area (Å²) in [6.07, 6.45) is 4.14. The average Bonchev–Trinajstić information content (AvgIpc) is 2.45. The summed E-state index contributed by atoms with van der Waals surface area (Å²) >= 11 is 0. The monoisotopic (exact) mass is 214 g/mol. The number of hydrogen-bond donors (Lipinski definition) is 1. The van der Waals surface area contributed by atoms with E-state index in [-0.39, 0.29) is 0 Å². The molecule has 1 heterocycles. The van der Waals surface area contributed by atoms with E-state index in [0.717, 1.165) is 13.2 Å². The van der Waals surface area contributed by atoms with Crippen molar-refractivity contribution in [3.05, 3.63) is 0 Å². The van der Waals surface area contributed by atoms with Crippen LogP contribution >= 0.6 is 0 Å². The molecule has 0 unspecified atom stereocenters. The zero-order valence-corrected chi connectivity index (χ0v) is 10.3. The molecule has 0 aliphatic carbocycles. The highest BCUT2D eigenvalue weighted by Crippen LogP contribution is 2.00. The van der Waals surface area contributed by atoms with Crippen molar-refractivity contribution in [1.82, 2.24) is 10.2 Å². The van der Waals surface area contributed by atoms with Gasteiger partial charge in [-0.2, -0.15) is 0 Å². The van der Waals surface area contributed by atoms with Crippen molar-refractivity contribution in [1.29, 1.82) is 0 Å². The number of unbranched alkanes of at least 4 members (excludes halogenated alkanes) is 1. The van der Waals surface area contributed by atoms with E-state index in [1.54, 1.807) is 0 Å². The first-order valence-corrected chi connectivity index (χ1v) is 6.33. The van der Waals surface area contributed by atoms with Gasteiger partial charge in [-0.3, -0.25) is 0 Å². The number of rotatable bonds is 6. The van der Waals surface area contributed by atoms with Crippen molar-refractivity contribution in [2.45, 2.75) is 39.2 Å². The van der Waals surface area contributed by atoms with Gasteiger partial charge in [0.05, 0.1) is 6.10 Å². The van der Waals surface area contributed by atoms with Crippen LogP contribution in [-0.4, -0.2) is 50.3 Å². The minimum absolute atomic E-state index is 0.382. The first-order chi connectivity index (χ1) is 7.29. The summed E-state index contributed by atoms with van der Waals surface area (Å²) in [6.45, 7) is 11.2. The summed E-state index contributed by atoms with van der Waals surface area (Å²) in [4.78, 5) is 2.56. The Morgan fingerprint density at radius 1 is 1.20 bits per heavy atom. The second-order valence-corrected chi connectivity index (χ2v) is 4.57. The molecule has 1 saturated heterocycles. The Morgan fingerprint density at radius 2 is 2.07 bits per heavy atom. The first-order valence-electron chi connectivity index (χ1n) is 6.33. The highest BCUT2D eigenvalue weighted by molar-refractivity contribution is 4.65. The summed E-state index contributed by atoms with van der Waals surface area (Å²) in [7, 11) is 0. The van der Waals surface area contributed by atoms with Gasteiger partial charge in [0.15, 0.2) is 0 Å². The molecule has 1 fully saturated rings. The van der Waals surface area contributed by atoms with Gasteiger partial charge in [-0.05, 0) is 52.7 Å². The molecule has 0 bridgehead atoms. The minimum Gasteiger partial charge on any atom is -0.379 e. The van der Waals surface area contributed by atoms with Crippen LogP contribution in [0.4, 0.5) is 0 Å². The smallest absolute Gasteiger partial charge is 0.0518 e. The molecule has 1 rings (SSSR count). The lowest BCUT2D eigenvalue weighted by molar-refractivity contribution is 0.0743. The molecular weight excluding hydrogens is 188 g/mol. The SMILES string of the molecule is CC(C)OCCCCN1CCCNCC1. The number of nitrogens with one attached hydrogen (secondary N) is 1. The molecule has 0 aromatic rings. The van der Waals surface area contributed by atoms with Crippen LogP contribution in [0.2, 0.25) is 0 Å². The molecule has 0 aromatic carbocycles. The lowest BCUT2D eigenvalue weighted by Gasteiger charge is -2.19. The molecule has 1 N–H and O–H groups in total. The Morgan fingerprint density at radius 3 is 2.87 bits per heavy atom. The van der Waals surface area contributed by atoms with Crippen LogP contribution in [-0.2, 0) is 4.74 Å². The van der Waals surface area contributed by atoms with Gasteiger partial charge in [-0.25, -0.2) is 0 Å². The number of ether oxygens (including phenoxy) is 1. The molecule has 0 radical (unpaired) electrons. The lowest BCUT2D eigenvalue weighted by atomic mass is 10.3. The quantitative estimate of drug-likeness (QED) is 0.678. The molecule has 0 amide bonds. The molecule has 0 aromatic heterocycles. The second-order valence-electron chi connectivity index (χ2n) is 4.57. The molecule has 0 saturated carbocycles. The molecular formula is C12H26N2O. The molecule has 3 nitrogen and oxygen atoms in total. The predicted octanol–water partition coefficient (Wildman–Crippen LogP) is 1.49. The topological polar surface area (TPSA) is 24.5 Å². The standard InChI is InChI=1S/C12H26N2O/c1-12(2)15-11-4-3-8-14-9-5-6-13-7-10-14/h12-13H,3-11H2,1-2H3. The van der Waals surface area contributed by atoms with E-state index in [2.05, 4.69) is 24.1 Å². The van der Waals surface area contributed by atoms with Gasteiger partial charge >= 0.3 is 0 Å². The highest BCUT2D eigenvalue weighted by Gasteiger charge is 2.07. The van der Waals surface area contributed by atoms with E-state index < -0.39 is 0 Å². The molecule has 0 spiro atoms. The fourth-order valence-electron chi connectivity index (χ4n) is 1.88. The second kappa shape index (κ2) is 8.08. The Kier molecular flexibility index (Phi) is 6.98. The number of nitrogens with zero attached hydrogens (tertiary/aromatic N) is 1. The third kappa shape index (κ3) is 6.88. The van der Waals surface area contributed by atoms with Crippen LogP contribution in [0.25, 0.3) is 0 Å². The van der Waals surface area contributed by atoms with Crippen LogP contribution in [0.5, 0.6) is 0 Å². The van der Waals surface area contributed by atoms with Crippen LogP contribution in [0.1, 0.15) is 33.1 Å². The van der Waals surface area contributed by atoms with Crippen LogP contribution in [0.3, 0.4) is 0 Å². The maximum atomic E-state index is 5.53. The van der Waals surface area contributed by atoms with Crippen LogP contribution < -0.4 is 5.32 Å². The highest BCUT2D eigenvalue weighted by atomic mass is 16.5. The van der Waals surface area contributed by atoms with Gasteiger partial charge in [0.2, 0.25) is 0 Å². The van der Waals surface area contributed by atoms with Crippen LogP contribution in [0.15, 0.2) is 0 Å². The van der Waals surface area contributed by atoms with E-state index >= 15 is 0 Å². The summed E-state index contributed by atoms with van der Waals surface area (Å²) in [5.74, 6) is 0. The summed E-state index contributed by atoms with van der Waals surface area (Å²) in [6, 6.07) is 0. The fourth-order valence-corrected chi connectivity index (χ4v) is 1.88. The van der Waals surface area contributed by atoms with Crippen molar-refractivity contribution >= 4 is 0 Å². The Bertz CT molecular complexity index is 143. The van der Waals surface area contributed by atoms with Crippen molar-refractivity contribution < 1.29 is 4.74 Å². The normalized spacial score (nSPS) is 19.4. The fraction of sp³-hybridized carbons (Fsp3) is 1.00. The third-order valence-corrected chi connectivity index (χ3v) is 2.75. The van der Waals surface area contributed by atoms with Gasteiger partial charge in [0.25, 0.3) is 0 Å². The molecule has 3 heteroatoms. The Labute approximate surface area is 94.2 Å². The van der Waals surface area contributed by atoms with Gasteiger partial charge in [-0.1, -0.05) is 0 Å². The largest absolute Gasteiger partial charge is 0.379 e. The first kappa shape index (κ1) is 12.9. The molecule has 1 aliphatic heterocycles. The van der Waals surface area contributed by atoms with Gasteiger partial charge < -0.3 is 15.0 Å². The van der Waals surface area contributed by atoms with Crippen molar-refractivity contribution in [3.8, 4) is 0 Å². The van der Waals surface area contributed by atoms with Gasteiger partial charge in [0.1, 0.15) is 0 Å². The zero-order chi connectivity index (χ0) is 10.9. The van der Waals surface area contributed by atoms with E-state index in [4.69, 9.17) is 4.74 Å². The van der Waals surface area contributed by atoms with Crippen LogP contribution in [0, 0.1) is 0 Å². The lowest BCUT2D eigenvalue weighted by Crippen LogP contribution is -2.29. The van der Waals surface area contributed by atoms with Crippen molar-refractivity contribution in [2.24, 2.45) is 0 Å². The van der Waals surface area contributed by atoms with E-state index in [1.807, 2.05) is 0 Å². The van der Waals surface area contributed by atoms with Crippen molar-refractivity contribution in [2.75, 3.05) is 39.3 Å².